The Labute approximate surface area is 161 Å². The summed E-state index contributed by atoms with van der Waals surface area (Å²) in [5.74, 6) is -1.09. The highest BCUT2D eigenvalue weighted by Gasteiger charge is 2.25. The van der Waals surface area contributed by atoms with Gasteiger partial charge in [-0.05, 0) is 36.8 Å². The number of halogens is 1. The molecule has 3 rings (SSSR count). The van der Waals surface area contributed by atoms with Gasteiger partial charge in [0.25, 0.3) is 0 Å². The molecule has 0 aliphatic rings. The van der Waals surface area contributed by atoms with Crippen LogP contribution in [0.2, 0.25) is 5.02 Å². The van der Waals surface area contributed by atoms with Crippen LogP contribution in [0.4, 0.5) is 0 Å². The van der Waals surface area contributed by atoms with Gasteiger partial charge in [0.15, 0.2) is 15.5 Å². The Hall–Kier alpha value is -2.64. The molecule has 1 heterocycles. The Kier molecular flexibility index (Phi) is 5.08. The van der Waals surface area contributed by atoms with Gasteiger partial charge in [0.05, 0.1) is 4.90 Å². The largest absolute Gasteiger partial charge is 0.477 e. The molecule has 0 spiro atoms. The quantitative estimate of drug-likeness (QED) is 0.694. The van der Waals surface area contributed by atoms with Crippen molar-refractivity contribution >= 4 is 27.4 Å². The third-order valence-electron chi connectivity index (χ3n) is 4.14. The molecule has 0 unspecified atom stereocenters. The minimum Gasteiger partial charge on any atom is -0.477 e. The Morgan fingerprint density at radius 2 is 1.63 bits per heavy atom. The lowest BCUT2D eigenvalue weighted by atomic mass is 9.99. The third kappa shape index (κ3) is 3.74. The molecule has 0 aliphatic heterocycles. The van der Waals surface area contributed by atoms with Crippen molar-refractivity contribution in [3.8, 4) is 22.4 Å². The van der Waals surface area contributed by atoms with Crippen molar-refractivity contribution in [1.29, 1.82) is 0 Å². The smallest absolute Gasteiger partial charge is 0.354 e. The van der Waals surface area contributed by atoms with Gasteiger partial charge in [-0.25, -0.2) is 13.2 Å². The first-order valence-electron chi connectivity index (χ1n) is 8.13. The number of aryl methyl sites for hydroxylation is 1. The molecule has 0 fully saturated rings. The highest BCUT2D eigenvalue weighted by atomic mass is 35.5. The zero-order valence-electron chi connectivity index (χ0n) is 14.7. The van der Waals surface area contributed by atoms with Crippen LogP contribution >= 0.6 is 11.6 Å². The summed E-state index contributed by atoms with van der Waals surface area (Å²) in [5, 5.41) is 14.7. The van der Waals surface area contributed by atoms with E-state index in [4.69, 9.17) is 11.6 Å². The highest BCUT2D eigenvalue weighted by molar-refractivity contribution is 7.90. The maximum atomic E-state index is 11.9. The average Bonchev–Trinajstić information content (AvgIpc) is 3.01. The second-order valence-corrected chi connectivity index (χ2v) is 8.45. The van der Waals surface area contributed by atoms with E-state index >= 15 is 0 Å². The van der Waals surface area contributed by atoms with Gasteiger partial charge in [-0.2, -0.15) is 5.10 Å². The molecular formula is C19H17ClN2O4S. The van der Waals surface area contributed by atoms with Gasteiger partial charge in [-0.15, -0.1) is 0 Å². The first-order chi connectivity index (χ1) is 12.7. The van der Waals surface area contributed by atoms with Crippen LogP contribution < -0.4 is 0 Å². The number of benzene rings is 2. The van der Waals surface area contributed by atoms with E-state index in [1.165, 1.54) is 16.8 Å². The predicted molar refractivity (Wildman–Crippen MR) is 104 cm³/mol. The molecule has 27 heavy (non-hydrogen) atoms. The zero-order valence-corrected chi connectivity index (χ0v) is 16.3. The second kappa shape index (κ2) is 7.17. The molecule has 0 saturated carbocycles. The first kappa shape index (κ1) is 19.1. The molecule has 8 heteroatoms. The van der Waals surface area contributed by atoms with Crippen molar-refractivity contribution in [2.75, 3.05) is 6.26 Å². The molecule has 3 aromatic rings. The van der Waals surface area contributed by atoms with Crippen LogP contribution in [-0.4, -0.2) is 35.5 Å². The average molecular weight is 405 g/mol. The van der Waals surface area contributed by atoms with Crippen LogP contribution in [0.25, 0.3) is 22.4 Å². The van der Waals surface area contributed by atoms with Crippen LogP contribution in [0.5, 0.6) is 0 Å². The lowest BCUT2D eigenvalue weighted by Crippen LogP contribution is -2.09. The molecule has 0 amide bonds. The minimum atomic E-state index is -3.32. The maximum absolute atomic E-state index is 11.9. The van der Waals surface area contributed by atoms with Crippen LogP contribution in [0.1, 0.15) is 17.4 Å². The molecular weight excluding hydrogens is 388 g/mol. The van der Waals surface area contributed by atoms with E-state index in [1.807, 2.05) is 6.92 Å². The minimum absolute atomic E-state index is 0.0713. The second-order valence-electron chi connectivity index (χ2n) is 6.00. The van der Waals surface area contributed by atoms with Gasteiger partial charge in [-0.3, -0.25) is 4.68 Å². The van der Waals surface area contributed by atoms with Crippen LogP contribution in [0.3, 0.4) is 0 Å². The number of carboxylic acid groups (broad SMARTS) is 1. The van der Waals surface area contributed by atoms with E-state index in [2.05, 4.69) is 5.10 Å². The van der Waals surface area contributed by atoms with E-state index in [-0.39, 0.29) is 10.6 Å². The van der Waals surface area contributed by atoms with E-state index < -0.39 is 15.8 Å². The number of carbonyl (C=O) groups is 1. The van der Waals surface area contributed by atoms with Gasteiger partial charge in [-0.1, -0.05) is 35.9 Å². The fourth-order valence-electron chi connectivity index (χ4n) is 2.86. The Morgan fingerprint density at radius 1 is 1.07 bits per heavy atom. The van der Waals surface area contributed by atoms with Crippen LogP contribution in [0.15, 0.2) is 53.4 Å². The SMILES string of the molecule is CCn1nc(-c2ccc(S(C)(=O)=O)cc2)c(-c2ccc(Cl)cc2)c1C(=O)O. The topological polar surface area (TPSA) is 89.3 Å². The number of hydrogen-bond donors (Lipinski definition) is 1. The summed E-state index contributed by atoms with van der Waals surface area (Å²) in [6, 6.07) is 13.1. The molecule has 1 aromatic heterocycles. The van der Waals surface area contributed by atoms with Crippen LogP contribution in [0, 0.1) is 0 Å². The Balaban J connectivity index is 2.26. The lowest BCUT2D eigenvalue weighted by molar-refractivity contribution is 0.0684. The molecule has 140 valence electrons. The number of hydrogen-bond acceptors (Lipinski definition) is 4. The summed E-state index contributed by atoms with van der Waals surface area (Å²) in [6.07, 6.45) is 1.13. The Bertz CT molecular complexity index is 1100. The van der Waals surface area contributed by atoms with Gasteiger partial charge < -0.3 is 5.11 Å². The predicted octanol–water partition coefficient (Wildman–Crippen LogP) is 3.99. The van der Waals surface area contributed by atoms with Gasteiger partial charge in [0.1, 0.15) is 5.69 Å². The molecule has 0 aliphatic carbocycles. The summed E-state index contributed by atoms with van der Waals surface area (Å²) >= 11 is 5.96. The fourth-order valence-corrected chi connectivity index (χ4v) is 3.62. The van der Waals surface area contributed by atoms with Crippen LogP contribution in [-0.2, 0) is 16.4 Å². The summed E-state index contributed by atoms with van der Waals surface area (Å²) in [4.78, 5) is 12.1. The normalized spacial score (nSPS) is 11.5. The number of aromatic carboxylic acids is 1. The number of aromatic nitrogens is 2. The van der Waals surface area contributed by atoms with Crippen molar-refractivity contribution in [1.82, 2.24) is 9.78 Å². The lowest BCUT2D eigenvalue weighted by Gasteiger charge is -2.06. The molecule has 0 bridgehead atoms. The van der Waals surface area contributed by atoms with Gasteiger partial charge in [0.2, 0.25) is 0 Å². The molecule has 0 saturated heterocycles. The maximum Gasteiger partial charge on any atom is 0.354 e. The van der Waals surface area contributed by atoms with Crippen molar-refractivity contribution in [2.24, 2.45) is 0 Å². The number of carboxylic acids is 1. The third-order valence-corrected chi connectivity index (χ3v) is 5.52. The van der Waals surface area contributed by atoms with Gasteiger partial charge in [0, 0.05) is 29.0 Å². The van der Waals surface area contributed by atoms with E-state index in [0.717, 1.165) is 6.26 Å². The first-order valence-corrected chi connectivity index (χ1v) is 10.4. The van der Waals surface area contributed by atoms with Gasteiger partial charge >= 0.3 is 5.97 Å². The molecule has 1 N–H and O–H groups in total. The fraction of sp³-hybridized carbons (Fsp3) is 0.158. The summed E-state index contributed by atoms with van der Waals surface area (Å²) in [6.45, 7) is 2.19. The number of nitrogens with zero attached hydrogens (tertiary/aromatic N) is 2. The van der Waals surface area contributed by atoms with E-state index in [9.17, 15) is 18.3 Å². The molecule has 0 atom stereocenters. The number of sulfone groups is 1. The van der Waals surface area contributed by atoms with E-state index in [1.54, 1.807) is 36.4 Å². The van der Waals surface area contributed by atoms with E-state index in [0.29, 0.717) is 34.0 Å². The van der Waals surface area contributed by atoms with Crippen molar-refractivity contribution in [2.45, 2.75) is 18.4 Å². The molecule has 0 radical (unpaired) electrons. The summed E-state index contributed by atoms with van der Waals surface area (Å²) in [5.41, 5.74) is 2.30. The van der Waals surface area contributed by atoms with Crippen molar-refractivity contribution in [3.63, 3.8) is 0 Å². The zero-order chi connectivity index (χ0) is 19.8. The molecule has 2 aromatic carbocycles. The Morgan fingerprint density at radius 3 is 2.11 bits per heavy atom. The monoisotopic (exact) mass is 404 g/mol. The van der Waals surface area contributed by atoms with Crippen molar-refractivity contribution in [3.05, 3.63) is 59.2 Å². The number of rotatable bonds is 5. The summed E-state index contributed by atoms with van der Waals surface area (Å²) < 4.78 is 24.8. The highest BCUT2D eigenvalue weighted by Crippen LogP contribution is 2.35. The standard InChI is InChI=1S/C19H17ClN2O4S/c1-3-22-18(19(23)24)16(12-4-8-14(20)9-5-12)17(21-22)13-6-10-15(11-7-13)27(2,25)26/h4-11H,3H2,1-2H3,(H,23,24). The summed E-state index contributed by atoms with van der Waals surface area (Å²) in [7, 11) is -3.32. The molecule has 6 nitrogen and oxygen atoms in total. The van der Waals surface area contributed by atoms with Crippen molar-refractivity contribution < 1.29 is 18.3 Å².